The Hall–Kier alpha value is -1.33. The molecule has 0 bridgehead atoms. The Morgan fingerprint density at radius 1 is 1.47 bits per heavy atom. The van der Waals surface area contributed by atoms with Gasteiger partial charge in [-0.15, -0.1) is 0 Å². The van der Waals surface area contributed by atoms with Gasteiger partial charge in [0.05, 0.1) is 10.1 Å². The Bertz CT molecular complexity index is 661. The highest BCUT2D eigenvalue weighted by molar-refractivity contribution is 9.10. The Morgan fingerprint density at radius 2 is 2.11 bits per heavy atom. The number of rotatable bonds is 3. The molecule has 102 valence electrons. The van der Waals surface area contributed by atoms with Crippen molar-refractivity contribution in [2.24, 2.45) is 12.8 Å². The number of nitrogens with two attached hydrogens (primary N) is 1. The molecule has 1 aromatic carbocycles. The molecule has 2 rings (SSSR count). The van der Waals surface area contributed by atoms with Crippen LogP contribution >= 0.6 is 15.9 Å². The van der Waals surface area contributed by atoms with E-state index in [4.69, 9.17) is 10.8 Å². The lowest BCUT2D eigenvalue weighted by Gasteiger charge is -2.06. The molecule has 1 heterocycles. The van der Waals surface area contributed by atoms with Crippen molar-refractivity contribution in [3.05, 3.63) is 33.4 Å². The van der Waals surface area contributed by atoms with Gasteiger partial charge in [0.15, 0.2) is 0 Å². The fraction of sp³-hybridized carbons (Fsp3) is 0.357. The molecule has 1 unspecified atom stereocenters. The van der Waals surface area contributed by atoms with E-state index in [1.807, 2.05) is 17.7 Å². The fourth-order valence-electron chi connectivity index (χ4n) is 2.39. The van der Waals surface area contributed by atoms with E-state index in [1.54, 1.807) is 0 Å². The van der Waals surface area contributed by atoms with E-state index < -0.39 is 12.0 Å². The van der Waals surface area contributed by atoms with Gasteiger partial charge in [-0.05, 0) is 46.5 Å². The first-order chi connectivity index (χ1) is 8.84. The lowest BCUT2D eigenvalue weighted by atomic mass is 10.0. The summed E-state index contributed by atoms with van der Waals surface area (Å²) in [5, 5.41) is 10.0. The monoisotopic (exact) mass is 324 g/mol. The van der Waals surface area contributed by atoms with Gasteiger partial charge in [0, 0.05) is 18.9 Å². The van der Waals surface area contributed by atoms with Crippen LogP contribution in [0, 0.1) is 13.8 Å². The minimum absolute atomic E-state index is 0.315. The highest BCUT2D eigenvalue weighted by Gasteiger charge is 2.20. The quantitative estimate of drug-likeness (QED) is 0.911. The second kappa shape index (κ2) is 4.98. The van der Waals surface area contributed by atoms with E-state index in [9.17, 15) is 4.79 Å². The molecule has 19 heavy (non-hydrogen) atoms. The third-order valence-corrected chi connectivity index (χ3v) is 4.66. The normalized spacial score (nSPS) is 12.9. The summed E-state index contributed by atoms with van der Waals surface area (Å²) in [6, 6.07) is 3.20. The van der Waals surface area contributed by atoms with Crippen LogP contribution < -0.4 is 5.73 Å². The van der Waals surface area contributed by atoms with Gasteiger partial charge in [0.2, 0.25) is 0 Å². The van der Waals surface area contributed by atoms with Gasteiger partial charge in [0.1, 0.15) is 6.04 Å². The summed E-state index contributed by atoms with van der Waals surface area (Å²) in [5.74, 6) is -0.979. The molecule has 0 fully saturated rings. The molecule has 0 saturated heterocycles. The lowest BCUT2D eigenvalue weighted by Crippen LogP contribution is -2.32. The van der Waals surface area contributed by atoms with E-state index >= 15 is 0 Å². The van der Waals surface area contributed by atoms with Gasteiger partial charge < -0.3 is 15.4 Å². The summed E-state index contributed by atoms with van der Waals surface area (Å²) in [7, 11) is 1.97. The third-order valence-electron chi connectivity index (χ3n) is 3.65. The summed E-state index contributed by atoms with van der Waals surface area (Å²) in [6.07, 6.45) is 0.315. The molecule has 4 nitrogen and oxygen atoms in total. The van der Waals surface area contributed by atoms with E-state index in [-0.39, 0.29) is 0 Å². The number of carbonyl (C=O) groups is 1. The molecule has 0 aliphatic rings. The second-order valence-electron chi connectivity index (χ2n) is 4.88. The summed E-state index contributed by atoms with van der Waals surface area (Å²) < 4.78 is 2.94. The number of nitrogens with zero attached hydrogens (tertiary/aromatic N) is 1. The topological polar surface area (TPSA) is 68.2 Å². The number of carboxylic acids is 1. The molecule has 0 saturated carbocycles. The molecule has 3 N–H and O–H groups in total. The average Bonchev–Trinajstić information content (AvgIpc) is 2.59. The first-order valence-electron chi connectivity index (χ1n) is 6.06. The third kappa shape index (κ3) is 2.28. The molecular formula is C14H17BrN2O2. The molecule has 0 radical (unpaired) electrons. The van der Waals surface area contributed by atoms with E-state index in [0.29, 0.717) is 6.42 Å². The van der Waals surface area contributed by atoms with Crippen LogP contribution in [0.4, 0.5) is 0 Å². The number of halogens is 1. The van der Waals surface area contributed by atoms with Crippen molar-refractivity contribution in [1.29, 1.82) is 0 Å². The number of carboxylic acid groups (broad SMARTS) is 1. The van der Waals surface area contributed by atoms with Crippen LogP contribution in [0.15, 0.2) is 16.7 Å². The second-order valence-corrected chi connectivity index (χ2v) is 5.63. The zero-order valence-electron chi connectivity index (χ0n) is 11.2. The van der Waals surface area contributed by atoms with Crippen LogP contribution in [-0.4, -0.2) is 21.7 Å². The number of fused-ring (bicyclic) bond motifs is 1. The highest BCUT2D eigenvalue weighted by Crippen LogP contribution is 2.33. The van der Waals surface area contributed by atoms with E-state index in [0.717, 1.165) is 21.1 Å². The first-order valence-corrected chi connectivity index (χ1v) is 6.85. The van der Waals surface area contributed by atoms with Crippen LogP contribution in [0.1, 0.15) is 16.7 Å². The molecule has 1 atom stereocenters. The number of aliphatic carboxylic acids is 1. The van der Waals surface area contributed by atoms with Crippen molar-refractivity contribution >= 4 is 32.8 Å². The van der Waals surface area contributed by atoms with Crippen molar-refractivity contribution in [3.63, 3.8) is 0 Å². The number of benzene rings is 1. The van der Waals surface area contributed by atoms with Gasteiger partial charge in [-0.25, -0.2) is 0 Å². The van der Waals surface area contributed by atoms with Crippen molar-refractivity contribution < 1.29 is 9.90 Å². The SMILES string of the molecule is Cc1ccc2c(CC(N)C(=O)O)c(Br)n(C)c2c1C. The minimum Gasteiger partial charge on any atom is -0.480 e. The largest absolute Gasteiger partial charge is 0.480 e. The number of aryl methyl sites for hydroxylation is 3. The summed E-state index contributed by atoms with van der Waals surface area (Å²) in [4.78, 5) is 10.9. The molecular weight excluding hydrogens is 308 g/mol. The van der Waals surface area contributed by atoms with E-state index in [1.165, 1.54) is 11.1 Å². The van der Waals surface area contributed by atoms with Crippen LogP contribution in [0.25, 0.3) is 10.9 Å². The Morgan fingerprint density at radius 3 is 2.68 bits per heavy atom. The molecule has 0 aliphatic carbocycles. The molecule has 2 aromatic rings. The van der Waals surface area contributed by atoms with Gasteiger partial charge in [-0.2, -0.15) is 0 Å². The standard InChI is InChI=1S/C14H17BrN2O2/c1-7-4-5-9-10(6-11(16)14(18)19)13(15)17(3)12(9)8(7)2/h4-5,11H,6,16H2,1-3H3,(H,18,19). The maximum Gasteiger partial charge on any atom is 0.320 e. The van der Waals surface area contributed by atoms with Crippen molar-refractivity contribution in [2.75, 3.05) is 0 Å². The van der Waals surface area contributed by atoms with Crippen LogP contribution in [0.5, 0.6) is 0 Å². The predicted octanol–water partition coefficient (Wildman–Crippen LogP) is 2.51. The Balaban J connectivity index is 2.66. The first kappa shape index (κ1) is 14.1. The van der Waals surface area contributed by atoms with Crippen molar-refractivity contribution in [2.45, 2.75) is 26.3 Å². The van der Waals surface area contributed by atoms with Gasteiger partial charge in [-0.1, -0.05) is 12.1 Å². The molecule has 5 heteroatoms. The number of aromatic nitrogens is 1. The number of hydrogen-bond acceptors (Lipinski definition) is 2. The minimum atomic E-state index is -0.979. The van der Waals surface area contributed by atoms with Crippen molar-refractivity contribution in [3.8, 4) is 0 Å². The van der Waals surface area contributed by atoms with Crippen LogP contribution in [0.3, 0.4) is 0 Å². The van der Waals surface area contributed by atoms with Crippen LogP contribution in [-0.2, 0) is 18.3 Å². The molecule has 1 aromatic heterocycles. The molecule has 0 amide bonds. The maximum absolute atomic E-state index is 10.9. The molecule has 0 aliphatic heterocycles. The lowest BCUT2D eigenvalue weighted by molar-refractivity contribution is -0.138. The van der Waals surface area contributed by atoms with Crippen molar-refractivity contribution in [1.82, 2.24) is 4.57 Å². The van der Waals surface area contributed by atoms with Gasteiger partial charge >= 0.3 is 5.97 Å². The molecule has 0 spiro atoms. The van der Waals surface area contributed by atoms with Crippen LogP contribution in [0.2, 0.25) is 0 Å². The highest BCUT2D eigenvalue weighted by atomic mass is 79.9. The van der Waals surface area contributed by atoms with Gasteiger partial charge in [-0.3, -0.25) is 4.79 Å². The smallest absolute Gasteiger partial charge is 0.320 e. The predicted molar refractivity (Wildman–Crippen MR) is 79.4 cm³/mol. The fourth-order valence-corrected chi connectivity index (χ4v) is 2.94. The average molecular weight is 325 g/mol. The Kier molecular flexibility index (Phi) is 3.69. The zero-order valence-corrected chi connectivity index (χ0v) is 12.8. The summed E-state index contributed by atoms with van der Waals surface area (Å²) in [5.41, 5.74) is 10.2. The van der Waals surface area contributed by atoms with Gasteiger partial charge in [0.25, 0.3) is 0 Å². The summed E-state index contributed by atoms with van der Waals surface area (Å²) >= 11 is 3.54. The summed E-state index contributed by atoms with van der Waals surface area (Å²) in [6.45, 7) is 4.14. The van der Waals surface area contributed by atoms with E-state index in [2.05, 4.69) is 35.8 Å². The Labute approximate surface area is 120 Å². The number of hydrogen-bond donors (Lipinski definition) is 2. The zero-order chi connectivity index (χ0) is 14.3. The maximum atomic E-state index is 10.9.